The number of esters is 1. The van der Waals surface area contributed by atoms with Crippen LogP contribution in [-0.2, 0) is 20.7 Å². The predicted molar refractivity (Wildman–Crippen MR) is 78.8 cm³/mol. The van der Waals surface area contributed by atoms with Crippen molar-refractivity contribution < 1.29 is 19.4 Å². The Balaban J connectivity index is 2.85. The van der Waals surface area contributed by atoms with E-state index in [1.54, 1.807) is 19.1 Å². The number of rotatable bonds is 7. The summed E-state index contributed by atoms with van der Waals surface area (Å²) in [4.78, 5) is 27.2. The third-order valence-corrected chi connectivity index (χ3v) is 2.87. The summed E-state index contributed by atoms with van der Waals surface area (Å²) in [5, 5.41) is 11.8. The molecule has 1 aromatic heterocycles. The predicted octanol–water partition coefficient (Wildman–Crippen LogP) is 2.37. The molecule has 0 bridgehead atoms. The van der Waals surface area contributed by atoms with Crippen LogP contribution in [0.3, 0.4) is 0 Å². The van der Waals surface area contributed by atoms with Crippen molar-refractivity contribution in [2.24, 2.45) is 0 Å². The van der Waals surface area contributed by atoms with Crippen molar-refractivity contribution in [2.75, 3.05) is 5.32 Å². The molecule has 0 aliphatic rings. The van der Waals surface area contributed by atoms with Crippen molar-refractivity contribution in [1.82, 2.24) is 4.98 Å². The quantitative estimate of drug-likeness (QED) is 0.347. The number of pyridine rings is 1. The number of carboxylic acids is 1. The Bertz CT molecular complexity index is 540. The van der Waals surface area contributed by atoms with Gasteiger partial charge >= 0.3 is 11.9 Å². The van der Waals surface area contributed by atoms with E-state index >= 15 is 0 Å². The normalized spacial score (nSPS) is 12.6. The zero-order valence-electron chi connectivity index (χ0n) is 12.4. The molecule has 0 radical (unpaired) electrons. The lowest BCUT2D eigenvalue weighted by molar-refractivity contribution is -0.147. The van der Waals surface area contributed by atoms with E-state index in [2.05, 4.69) is 10.3 Å². The molecule has 0 aromatic carbocycles. The maximum atomic E-state index is 11.8. The van der Waals surface area contributed by atoms with Crippen molar-refractivity contribution in [3.05, 3.63) is 35.7 Å². The number of nitrogens with zero attached hydrogens (tertiary/aromatic N) is 1. The highest BCUT2D eigenvalue weighted by Crippen LogP contribution is 2.08. The number of anilines is 1. The Morgan fingerprint density at radius 3 is 2.71 bits per heavy atom. The molecule has 0 saturated carbocycles. The van der Waals surface area contributed by atoms with Gasteiger partial charge < -0.3 is 15.2 Å². The average Bonchev–Trinajstić information content (AvgIpc) is 2.47. The molecule has 0 spiro atoms. The number of carbonyl (C=O) groups is 2. The SMILES string of the molecule is CCc1cccc(NC=C(C(=O)O)C(=O)OC(C)CC)n1. The molecule has 1 rings (SSSR count). The highest BCUT2D eigenvalue weighted by molar-refractivity contribution is 6.13. The van der Waals surface area contributed by atoms with Gasteiger partial charge in [-0.05, 0) is 31.9 Å². The van der Waals surface area contributed by atoms with Gasteiger partial charge in [0.15, 0.2) is 5.57 Å². The smallest absolute Gasteiger partial charge is 0.347 e. The first-order valence-electron chi connectivity index (χ1n) is 6.84. The Kier molecular flexibility index (Phi) is 6.39. The first-order valence-corrected chi connectivity index (χ1v) is 6.84. The van der Waals surface area contributed by atoms with Crippen molar-refractivity contribution >= 4 is 17.8 Å². The number of hydrogen-bond donors (Lipinski definition) is 2. The molecule has 1 aromatic rings. The first kappa shape index (κ1) is 16.7. The summed E-state index contributed by atoms with van der Waals surface area (Å²) in [6, 6.07) is 5.36. The van der Waals surface area contributed by atoms with Gasteiger partial charge in [0.05, 0.1) is 6.10 Å². The van der Waals surface area contributed by atoms with Crippen LogP contribution in [0.15, 0.2) is 30.0 Å². The van der Waals surface area contributed by atoms with Crippen LogP contribution < -0.4 is 5.32 Å². The lowest BCUT2D eigenvalue weighted by atomic mass is 10.2. The van der Waals surface area contributed by atoms with Gasteiger partial charge in [0, 0.05) is 11.9 Å². The molecule has 0 saturated heterocycles. The van der Waals surface area contributed by atoms with Crippen LogP contribution in [0.25, 0.3) is 0 Å². The second kappa shape index (κ2) is 8.04. The van der Waals surface area contributed by atoms with E-state index in [-0.39, 0.29) is 6.10 Å². The molecular weight excluding hydrogens is 272 g/mol. The van der Waals surface area contributed by atoms with Crippen LogP contribution in [0.1, 0.15) is 32.9 Å². The number of carbonyl (C=O) groups excluding carboxylic acids is 1. The van der Waals surface area contributed by atoms with Crippen LogP contribution >= 0.6 is 0 Å². The van der Waals surface area contributed by atoms with Gasteiger partial charge in [0.25, 0.3) is 0 Å². The monoisotopic (exact) mass is 292 g/mol. The molecule has 0 fully saturated rings. The van der Waals surface area contributed by atoms with Gasteiger partial charge in [-0.3, -0.25) is 0 Å². The molecule has 6 nitrogen and oxygen atoms in total. The maximum Gasteiger partial charge on any atom is 0.347 e. The number of hydrogen-bond acceptors (Lipinski definition) is 5. The zero-order chi connectivity index (χ0) is 15.8. The summed E-state index contributed by atoms with van der Waals surface area (Å²) >= 11 is 0. The summed E-state index contributed by atoms with van der Waals surface area (Å²) < 4.78 is 5.01. The van der Waals surface area contributed by atoms with Crippen LogP contribution in [0.2, 0.25) is 0 Å². The van der Waals surface area contributed by atoms with Gasteiger partial charge in [0.2, 0.25) is 0 Å². The van der Waals surface area contributed by atoms with Crippen molar-refractivity contribution in [1.29, 1.82) is 0 Å². The maximum absolute atomic E-state index is 11.8. The first-order chi connectivity index (χ1) is 9.97. The summed E-state index contributed by atoms with van der Waals surface area (Å²) in [5.74, 6) is -1.73. The summed E-state index contributed by atoms with van der Waals surface area (Å²) in [6.07, 6.45) is 2.16. The second-order valence-electron chi connectivity index (χ2n) is 4.50. The summed E-state index contributed by atoms with van der Waals surface area (Å²) in [5.41, 5.74) is 0.409. The van der Waals surface area contributed by atoms with Crippen molar-refractivity contribution in [2.45, 2.75) is 39.7 Å². The highest BCUT2D eigenvalue weighted by Gasteiger charge is 2.20. The molecule has 114 valence electrons. The molecule has 2 N–H and O–H groups in total. The third kappa shape index (κ3) is 5.25. The van der Waals surface area contributed by atoms with Crippen LogP contribution in [0.4, 0.5) is 5.82 Å². The molecule has 1 atom stereocenters. The zero-order valence-corrected chi connectivity index (χ0v) is 12.4. The Labute approximate surface area is 123 Å². The number of aromatic nitrogens is 1. The van der Waals surface area contributed by atoms with Crippen LogP contribution in [0, 0.1) is 0 Å². The molecule has 1 unspecified atom stereocenters. The molecule has 0 aliphatic carbocycles. The Hall–Kier alpha value is -2.37. The molecule has 6 heteroatoms. The number of aliphatic carboxylic acids is 1. The third-order valence-electron chi connectivity index (χ3n) is 2.87. The van der Waals surface area contributed by atoms with E-state index in [1.807, 2.05) is 19.9 Å². The van der Waals surface area contributed by atoms with Crippen molar-refractivity contribution in [3.8, 4) is 0 Å². The van der Waals surface area contributed by atoms with Crippen molar-refractivity contribution in [3.63, 3.8) is 0 Å². The van der Waals surface area contributed by atoms with E-state index in [9.17, 15) is 9.59 Å². The van der Waals surface area contributed by atoms with Crippen LogP contribution in [-0.4, -0.2) is 28.1 Å². The summed E-state index contributed by atoms with van der Waals surface area (Å²) in [7, 11) is 0. The lowest BCUT2D eigenvalue weighted by Crippen LogP contribution is -2.21. The van der Waals surface area contributed by atoms with E-state index in [4.69, 9.17) is 9.84 Å². The van der Waals surface area contributed by atoms with Gasteiger partial charge in [0.1, 0.15) is 5.82 Å². The molecule has 1 heterocycles. The van der Waals surface area contributed by atoms with Gasteiger partial charge in [-0.15, -0.1) is 0 Å². The Morgan fingerprint density at radius 1 is 1.43 bits per heavy atom. The fourth-order valence-electron chi connectivity index (χ4n) is 1.44. The number of carboxylic acid groups (broad SMARTS) is 1. The van der Waals surface area contributed by atoms with Crippen LogP contribution in [0.5, 0.6) is 0 Å². The number of ether oxygens (including phenoxy) is 1. The minimum Gasteiger partial charge on any atom is -0.477 e. The van der Waals surface area contributed by atoms with Gasteiger partial charge in [-0.1, -0.05) is 19.9 Å². The minimum atomic E-state index is -1.34. The van der Waals surface area contributed by atoms with E-state index in [0.29, 0.717) is 12.2 Å². The molecule has 0 amide bonds. The van der Waals surface area contributed by atoms with Gasteiger partial charge in [-0.25, -0.2) is 14.6 Å². The Morgan fingerprint density at radius 2 is 2.14 bits per heavy atom. The number of aryl methyl sites for hydroxylation is 1. The fourth-order valence-corrected chi connectivity index (χ4v) is 1.44. The highest BCUT2D eigenvalue weighted by atomic mass is 16.5. The van der Waals surface area contributed by atoms with E-state index in [1.165, 1.54) is 0 Å². The molecule has 21 heavy (non-hydrogen) atoms. The van der Waals surface area contributed by atoms with E-state index < -0.39 is 17.5 Å². The minimum absolute atomic E-state index is 0.332. The lowest BCUT2D eigenvalue weighted by Gasteiger charge is -2.11. The fraction of sp³-hybridized carbons (Fsp3) is 0.400. The standard InChI is InChI=1S/C15H20N2O4/c1-4-10(3)21-15(20)12(14(18)19)9-16-13-8-6-7-11(5-2)17-13/h6-10H,4-5H2,1-3H3,(H,16,17)(H,18,19). The number of nitrogens with one attached hydrogen (secondary N) is 1. The molecular formula is C15H20N2O4. The average molecular weight is 292 g/mol. The molecule has 0 aliphatic heterocycles. The van der Waals surface area contributed by atoms with Gasteiger partial charge in [-0.2, -0.15) is 0 Å². The second-order valence-corrected chi connectivity index (χ2v) is 4.50. The largest absolute Gasteiger partial charge is 0.477 e. The summed E-state index contributed by atoms with van der Waals surface area (Å²) in [6.45, 7) is 5.52. The van der Waals surface area contributed by atoms with E-state index in [0.717, 1.165) is 18.3 Å². The topological polar surface area (TPSA) is 88.5 Å².